The maximum absolute atomic E-state index is 12.7. The molecule has 2 N–H and O–H groups in total. The van der Waals surface area contributed by atoms with Crippen LogP contribution in [0.4, 0.5) is 5.95 Å². The Kier molecular flexibility index (Phi) is 3.76. The summed E-state index contributed by atoms with van der Waals surface area (Å²) in [5, 5.41) is 0. The van der Waals surface area contributed by atoms with E-state index in [2.05, 4.69) is 54.0 Å². The van der Waals surface area contributed by atoms with Gasteiger partial charge in [-0.2, -0.15) is 4.98 Å². The number of halogens is 2. The SMILES string of the molecule is Cn1c(N)nc2nc(Br)n(C3CCCc4cc(Br)ccc43)c2c1=O. The molecule has 0 amide bonds. The molecule has 0 radical (unpaired) electrons. The molecule has 1 aromatic carbocycles. The number of nitrogens with zero attached hydrogens (tertiary/aromatic N) is 4. The molecular weight excluding hydrogens is 438 g/mol. The molecule has 1 aliphatic rings. The van der Waals surface area contributed by atoms with E-state index in [1.54, 1.807) is 7.05 Å². The third-order valence-corrected chi connectivity index (χ3v) is 5.67. The topological polar surface area (TPSA) is 78.7 Å². The number of rotatable bonds is 1. The number of anilines is 1. The van der Waals surface area contributed by atoms with Gasteiger partial charge in [-0.05, 0) is 58.5 Å². The van der Waals surface area contributed by atoms with E-state index in [4.69, 9.17) is 5.73 Å². The molecule has 1 atom stereocenters. The number of nitrogens with two attached hydrogens (primary N) is 1. The lowest BCUT2D eigenvalue weighted by Gasteiger charge is -2.27. The second-order valence-corrected chi connectivity index (χ2v) is 7.63. The molecular formula is C16H15Br2N5O. The molecule has 1 aliphatic carbocycles. The summed E-state index contributed by atoms with van der Waals surface area (Å²) in [6, 6.07) is 6.37. The van der Waals surface area contributed by atoms with Crippen LogP contribution in [-0.2, 0) is 13.5 Å². The van der Waals surface area contributed by atoms with Crippen LogP contribution >= 0.6 is 31.9 Å². The van der Waals surface area contributed by atoms with Crippen molar-refractivity contribution < 1.29 is 0 Å². The van der Waals surface area contributed by atoms with Crippen LogP contribution in [0.15, 0.2) is 32.2 Å². The van der Waals surface area contributed by atoms with E-state index in [0.717, 1.165) is 23.7 Å². The van der Waals surface area contributed by atoms with Gasteiger partial charge < -0.3 is 10.3 Å². The first-order valence-electron chi connectivity index (χ1n) is 7.65. The van der Waals surface area contributed by atoms with Crippen molar-refractivity contribution >= 4 is 49.0 Å². The normalized spacial score (nSPS) is 17.2. The van der Waals surface area contributed by atoms with Crippen molar-refractivity contribution in [3.05, 3.63) is 48.9 Å². The molecule has 6 nitrogen and oxygen atoms in total. The van der Waals surface area contributed by atoms with E-state index in [1.807, 2.05) is 10.6 Å². The molecule has 3 aromatic rings. The van der Waals surface area contributed by atoms with Gasteiger partial charge in [-0.15, -0.1) is 0 Å². The predicted octanol–water partition coefficient (Wildman–Crippen LogP) is 3.16. The molecule has 0 aliphatic heterocycles. The third kappa shape index (κ3) is 2.31. The summed E-state index contributed by atoms with van der Waals surface area (Å²) < 4.78 is 4.99. The second-order valence-electron chi connectivity index (χ2n) is 6.01. The smallest absolute Gasteiger partial charge is 0.280 e. The highest BCUT2D eigenvalue weighted by molar-refractivity contribution is 9.10. The van der Waals surface area contributed by atoms with Gasteiger partial charge in [0, 0.05) is 11.5 Å². The Labute approximate surface area is 155 Å². The molecule has 0 fully saturated rings. The van der Waals surface area contributed by atoms with E-state index in [1.165, 1.54) is 15.7 Å². The van der Waals surface area contributed by atoms with E-state index >= 15 is 0 Å². The quantitative estimate of drug-likeness (QED) is 0.575. The average Bonchev–Trinajstić information content (AvgIpc) is 2.87. The molecule has 24 heavy (non-hydrogen) atoms. The summed E-state index contributed by atoms with van der Waals surface area (Å²) in [4.78, 5) is 21.4. The maximum Gasteiger partial charge on any atom is 0.280 e. The molecule has 4 rings (SSSR count). The summed E-state index contributed by atoms with van der Waals surface area (Å²) in [6.45, 7) is 0. The van der Waals surface area contributed by atoms with Crippen molar-refractivity contribution in [3.8, 4) is 0 Å². The molecule has 2 heterocycles. The fourth-order valence-electron chi connectivity index (χ4n) is 3.43. The van der Waals surface area contributed by atoms with Gasteiger partial charge in [0.2, 0.25) is 5.95 Å². The van der Waals surface area contributed by atoms with E-state index in [0.29, 0.717) is 15.9 Å². The molecule has 0 saturated carbocycles. The first-order chi connectivity index (χ1) is 11.5. The molecule has 124 valence electrons. The standard InChI is InChI=1S/C16H15Br2N5O/c1-22-14(24)12-13(21-16(22)19)20-15(18)23(12)11-4-2-3-8-7-9(17)5-6-10(8)11/h5-7,11H,2-4H2,1H3,(H2,19,21). The minimum atomic E-state index is -0.181. The largest absolute Gasteiger partial charge is 0.369 e. The Balaban J connectivity index is 2.01. The number of imidazole rings is 1. The van der Waals surface area contributed by atoms with Crippen LogP contribution in [0.3, 0.4) is 0 Å². The van der Waals surface area contributed by atoms with Gasteiger partial charge in [0.25, 0.3) is 5.56 Å². The van der Waals surface area contributed by atoms with Crippen molar-refractivity contribution in [1.29, 1.82) is 0 Å². The number of aryl methyl sites for hydroxylation is 1. The second kappa shape index (κ2) is 5.70. The molecule has 8 heteroatoms. The zero-order chi connectivity index (χ0) is 17.0. The summed E-state index contributed by atoms with van der Waals surface area (Å²) in [5.74, 6) is 0.164. The summed E-state index contributed by atoms with van der Waals surface area (Å²) in [5.41, 5.74) is 9.01. The first-order valence-corrected chi connectivity index (χ1v) is 9.24. The van der Waals surface area contributed by atoms with Crippen LogP contribution in [0.25, 0.3) is 11.2 Å². The van der Waals surface area contributed by atoms with Crippen LogP contribution in [0.2, 0.25) is 0 Å². The summed E-state index contributed by atoms with van der Waals surface area (Å²) in [7, 11) is 1.63. The van der Waals surface area contributed by atoms with Gasteiger partial charge in [0.05, 0.1) is 6.04 Å². The van der Waals surface area contributed by atoms with Crippen LogP contribution in [0.1, 0.15) is 30.0 Å². The molecule has 2 aromatic heterocycles. The fourth-order valence-corrected chi connectivity index (χ4v) is 4.43. The highest BCUT2D eigenvalue weighted by Gasteiger charge is 2.27. The minimum Gasteiger partial charge on any atom is -0.369 e. The van der Waals surface area contributed by atoms with Crippen LogP contribution in [-0.4, -0.2) is 19.1 Å². The van der Waals surface area contributed by atoms with Crippen molar-refractivity contribution in [2.75, 3.05) is 5.73 Å². The molecule has 1 unspecified atom stereocenters. The number of aromatic nitrogens is 4. The molecule has 0 bridgehead atoms. The first kappa shape index (κ1) is 15.8. The molecule has 0 saturated heterocycles. The van der Waals surface area contributed by atoms with E-state index < -0.39 is 0 Å². The van der Waals surface area contributed by atoms with Gasteiger partial charge in [0.1, 0.15) is 0 Å². The van der Waals surface area contributed by atoms with Crippen LogP contribution in [0, 0.1) is 0 Å². The van der Waals surface area contributed by atoms with Gasteiger partial charge in [-0.1, -0.05) is 22.0 Å². The zero-order valence-electron chi connectivity index (χ0n) is 13.0. The zero-order valence-corrected chi connectivity index (χ0v) is 16.1. The summed E-state index contributed by atoms with van der Waals surface area (Å²) in [6.07, 6.45) is 3.05. The predicted molar refractivity (Wildman–Crippen MR) is 100 cm³/mol. The van der Waals surface area contributed by atoms with Gasteiger partial charge in [-0.3, -0.25) is 9.36 Å². The van der Waals surface area contributed by atoms with E-state index in [9.17, 15) is 4.79 Å². The number of fused-ring (bicyclic) bond motifs is 2. The average molecular weight is 453 g/mol. The van der Waals surface area contributed by atoms with Gasteiger partial charge in [0.15, 0.2) is 15.9 Å². The van der Waals surface area contributed by atoms with Crippen LogP contribution < -0.4 is 11.3 Å². The van der Waals surface area contributed by atoms with Crippen molar-refractivity contribution in [1.82, 2.24) is 19.1 Å². The minimum absolute atomic E-state index is 0.0550. The number of nitrogen functional groups attached to an aromatic ring is 1. The lowest BCUT2D eigenvalue weighted by Crippen LogP contribution is -2.26. The Morgan fingerprint density at radius 1 is 1.29 bits per heavy atom. The lowest BCUT2D eigenvalue weighted by molar-refractivity contribution is 0.491. The number of hydrogen-bond acceptors (Lipinski definition) is 4. The Hall–Kier alpha value is -1.67. The maximum atomic E-state index is 12.7. The Morgan fingerprint density at radius 3 is 2.88 bits per heavy atom. The van der Waals surface area contributed by atoms with Gasteiger partial charge in [-0.25, -0.2) is 4.98 Å². The van der Waals surface area contributed by atoms with Crippen molar-refractivity contribution in [3.63, 3.8) is 0 Å². The van der Waals surface area contributed by atoms with Crippen molar-refractivity contribution in [2.45, 2.75) is 25.3 Å². The highest BCUT2D eigenvalue weighted by atomic mass is 79.9. The fraction of sp³-hybridized carbons (Fsp3) is 0.312. The number of hydrogen-bond donors (Lipinski definition) is 1. The van der Waals surface area contributed by atoms with E-state index in [-0.39, 0.29) is 17.5 Å². The lowest BCUT2D eigenvalue weighted by atomic mass is 9.87. The monoisotopic (exact) mass is 451 g/mol. The molecule has 0 spiro atoms. The summed E-state index contributed by atoms with van der Waals surface area (Å²) >= 11 is 7.05. The highest BCUT2D eigenvalue weighted by Crippen LogP contribution is 2.37. The van der Waals surface area contributed by atoms with Crippen molar-refractivity contribution in [2.24, 2.45) is 7.05 Å². The Morgan fingerprint density at radius 2 is 2.08 bits per heavy atom. The number of benzene rings is 1. The van der Waals surface area contributed by atoms with Crippen LogP contribution in [0.5, 0.6) is 0 Å². The third-order valence-electron chi connectivity index (χ3n) is 4.62. The van der Waals surface area contributed by atoms with Gasteiger partial charge >= 0.3 is 0 Å². The Bertz CT molecular complexity index is 1020.